The van der Waals surface area contributed by atoms with Crippen LogP contribution in [0.15, 0.2) is 40.9 Å². The molecule has 0 heterocycles. The van der Waals surface area contributed by atoms with Crippen molar-refractivity contribution in [3.63, 3.8) is 0 Å². The van der Waals surface area contributed by atoms with E-state index in [1.165, 1.54) is 24.3 Å². The lowest BCUT2D eigenvalue weighted by Gasteiger charge is -2.10. The Morgan fingerprint density at radius 2 is 2.05 bits per heavy atom. The van der Waals surface area contributed by atoms with Crippen LogP contribution in [-0.4, -0.2) is 11.1 Å². The highest BCUT2D eigenvalue weighted by molar-refractivity contribution is 9.10. The van der Waals surface area contributed by atoms with Gasteiger partial charge in [0.2, 0.25) is 0 Å². The molecule has 0 spiro atoms. The summed E-state index contributed by atoms with van der Waals surface area (Å²) in [7, 11) is 0. The Hall–Kier alpha value is -2.08. The highest BCUT2D eigenvalue weighted by atomic mass is 79.9. The quantitative estimate of drug-likeness (QED) is 0.837. The van der Waals surface area contributed by atoms with Crippen molar-refractivity contribution >= 4 is 27.6 Å². The van der Waals surface area contributed by atoms with Gasteiger partial charge in [0.25, 0.3) is 0 Å². The van der Waals surface area contributed by atoms with Crippen LogP contribution in [0.2, 0.25) is 0 Å². The molecule has 3 N–H and O–H groups in total. The molecule has 0 fully saturated rings. The molecule has 20 heavy (non-hydrogen) atoms. The van der Waals surface area contributed by atoms with E-state index >= 15 is 0 Å². The number of aromatic carboxylic acids is 1. The largest absolute Gasteiger partial charge is 0.488 e. The zero-order chi connectivity index (χ0) is 14.7. The van der Waals surface area contributed by atoms with Crippen molar-refractivity contribution in [3.05, 3.63) is 57.8 Å². The summed E-state index contributed by atoms with van der Waals surface area (Å²) in [5, 5.41) is 9.07. The number of halogens is 2. The third-order valence-electron chi connectivity index (χ3n) is 2.55. The summed E-state index contributed by atoms with van der Waals surface area (Å²) in [5.41, 5.74) is 6.43. The van der Waals surface area contributed by atoms with Gasteiger partial charge in [0.1, 0.15) is 23.7 Å². The van der Waals surface area contributed by atoms with Crippen molar-refractivity contribution in [1.82, 2.24) is 0 Å². The van der Waals surface area contributed by atoms with E-state index in [9.17, 15) is 9.18 Å². The third kappa shape index (κ3) is 3.48. The highest BCUT2D eigenvalue weighted by Crippen LogP contribution is 2.23. The van der Waals surface area contributed by atoms with E-state index in [0.29, 0.717) is 15.7 Å². The summed E-state index contributed by atoms with van der Waals surface area (Å²) in [5.74, 6) is -1.34. The molecule has 6 heteroatoms. The lowest BCUT2D eigenvalue weighted by molar-refractivity contribution is 0.0692. The van der Waals surface area contributed by atoms with Gasteiger partial charge in [0.05, 0.1) is 0 Å². The summed E-state index contributed by atoms with van der Waals surface area (Å²) in [6, 6.07) is 8.69. The van der Waals surface area contributed by atoms with Crippen LogP contribution >= 0.6 is 15.9 Å². The second kappa shape index (κ2) is 5.92. The van der Waals surface area contributed by atoms with E-state index in [4.69, 9.17) is 15.6 Å². The van der Waals surface area contributed by atoms with Gasteiger partial charge < -0.3 is 15.6 Å². The number of nitrogen functional groups attached to an aromatic ring is 1. The normalized spacial score (nSPS) is 10.3. The van der Waals surface area contributed by atoms with Gasteiger partial charge in [-0.05, 0) is 42.0 Å². The molecule has 0 unspecified atom stereocenters. The van der Waals surface area contributed by atoms with Gasteiger partial charge in [-0.1, -0.05) is 15.9 Å². The maximum Gasteiger partial charge on any atom is 0.339 e. The summed E-state index contributed by atoms with van der Waals surface area (Å²) >= 11 is 3.18. The van der Waals surface area contributed by atoms with Gasteiger partial charge in [0, 0.05) is 10.2 Å². The zero-order valence-corrected chi connectivity index (χ0v) is 11.9. The maximum absolute atomic E-state index is 13.2. The first-order valence-electron chi connectivity index (χ1n) is 5.66. The molecule has 0 saturated carbocycles. The van der Waals surface area contributed by atoms with Gasteiger partial charge in [-0.3, -0.25) is 0 Å². The molecule has 0 aliphatic heterocycles. The molecule has 0 amide bonds. The molecule has 2 aromatic rings. The fourth-order valence-electron chi connectivity index (χ4n) is 1.70. The van der Waals surface area contributed by atoms with Crippen LogP contribution in [0.5, 0.6) is 5.75 Å². The summed E-state index contributed by atoms with van der Waals surface area (Å²) in [6.07, 6.45) is 0. The molecule has 0 atom stereocenters. The van der Waals surface area contributed by atoms with Gasteiger partial charge in [-0.25, -0.2) is 9.18 Å². The number of carboxylic acid groups (broad SMARTS) is 1. The van der Waals surface area contributed by atoms with Gasteiger partial charge in [-0.2, -0.15) is 0 Å². The Labute approximate surface area is 123 Å². The topological polar surface area (TPSA) is 72.5 Å². The fraction of sp³-hybridized carbons (Fsp3) is 0.0714. The molecular formula is C14H11BrFNO3. The summed E-state index contributed by atoms with van der Waals surface area (Å²) in [4.78, 5) is 11.1. The van der Waals surface area contributed by atoms with Crippen LogP contribution in [0.4, 0.5) is 10.1 Å². The second-order valence-electron chi connectivity index (χ2n) is 4.13. The number of nitrogens with two attached hydrogens (primary N) is 1. The van der Waals surface area contributed by atoms with Crippen LogP contribution < -0.4 is 10.5 Å². The maximum atomic E-state index is 13.2. The number of ether oxygens (including phenoxy) is 1. The lowest BCUT2D eigenvalue weighted by atomic mass is 10.2. The van der Waals surface area contributed by atoms with E-state index in [2.05, 4.69) is 15.9 Å². The minimum atomic E-state index is -1.13. The molecule has 0 aromatic heterocycles. The number of carbonyl (C=O) groups is 1. The lowest BCUT2D eigenvalue weighted by Crippen LogP contribution is -2.04. The molecule has 104 valence electrons. The predicted octanol–water partition coefficient (Wildman–Crippen LogP) is 3.45. The van der Waals surface area contributed by atoms with Gasteiger partial charge >= 0.3 is 5.97 Å². The van der Waals surface area contributed by atoms with E-state index in [-0.39, 0.29) is 17.9 Å². The van der Waals surface area contributed by atoms with Crippen molar-refractivity contribution in [3.8, 4) is 5.75 Å². The van der Waals surface area contributed by atoms with Gasteiger partial charge in [0.15, 0.2) is 0 Å². The Morgan fingerprint density at radius 3 is 2.70 bits per heavy atom. The van der Waals surface area contributed by atoms with Crippen LogP contribution in [-0.2, 0) is 6.61 Å². The molecule has 0 radical (unpaired) electrons. The first-order chi connectivity index (χ1) is 9.45. The van der Waals surface area contributed by atoms with E-state index in [1.54, 1.807) is 12.1 Å². The summed E-state index contributed by atoms with van der Waals surface area (Å²) < 4.78 is 19.2. The third-order valence-corrected chi connectivity index (χ3v) is 3.01. The Kier molecular flexibility index (Phi) is 4.24. The van der Waals surface area contributed by atoms with Gasteiger partial charge in [-0.15, -0.1) is 0 Å². The van der Waals surface area contributed by atoms with Crippen molar-refractivity contribution in [1.29, 1.82) is 0 Å². The molecule has 2 rings (SSSR count). The molecule has 0 aliphatic carbocycles. The molecule has 0 aliphatic rings. The fourth-order valence-corrected chi connectivity index (χ4v) is 2.21. The van der Waals surface area contributed by atoms with E-state index < -0.39 is 11.8 Å². The standard InChI is InChI=1S/C14H11BrFNO3/c15-9-3-8(4-10(16)5-9)7-20-13-2-1-11(17)6-12(13)14(18)19/h1-6H,7,17H2,(H,18,19). The van der Waals surface area contributed by atoms with Crippen LogP contribution in [0, 0.1) is 5.82 Å². The van der Waals surface area contributed by atoms with E-state index in [0.717, 1.165) is 0 Å². The SMILES string of the molecule is Nc1ccc(OCc2cc(F)cc(Br)c2)c(C(=O)O)c1. The average molecular weight is 340 g/mol. The highest BCUT2D eigenvalue weighted by Gasteiger charge is 2.12. The number of hydrogen-bond donors (Lipinski definition) is 2. The minimum Gasteiger partial charge on any atom is -0.488 e. The summed E-state index contributed by atoms with van der Waals surface area (Å²) in [6.45, 7) is 0.0561. The second-order valence-corrected chi connectivity index (χ2v) is 5.04. The van der Waals surface area contributed by atoms with Crippen molar-refractivity contribution in [2.45, 2.75) is 6.61 Å². The first-order valence-corrected chi connectivity index (χ1v) is 6.45. The van der Waals surface area contributed by atoms with Crippen LogP contribution in [0.25, 0.3) is 0 Å². The zero-order valence-electron chi connectivity index (χ0n) is 10.3. The van der Waals surface area contributed by atoms with E-state index in [1.807, 2.05) is 0 Å². The smallest absolute Gasteiger partial charge is 0.339 e. The molecule has 0 bridgehead atoms. The van der Waals surface area contributed by atoms with Crippen molar-refractivity contribution in [2.24, 2.45) is 0 Å². The number of carboxylic acids is 1. The molecular weight excluding hydrogens is 329 g/mol. The number of anilines is 1. The van der Waals surface area contributed by atoms with Crippen LogP contribution in [0.1, 0.15) is 15.9 Å². The minimum absolute atomic E-state index is 0.0273. The Morgan fingerprint density at radius 1 is 1.30 bits per heavy atom. The Balaban J connectivity index is 2.20. The molecule has 4 nitrogen and oxygen atoms in total. The van der Waals surface area contributed by atoms with Crippen molar-refractivity contribution in [2.75, 3.05) is 5.73 Å². The Bertz CT molecular complexity index is 641. The predicted molar refractivity (Wildman–Crippen MR) is 76.2 cm³/mol. The first kappa shape index (κ1) is 14.3. The van der Waals surface area contributed by atoms with Crippen molar-refractivity contribution < 1.29 is 19.0 Å². The molecule has 0 saturated heterocycles. The van der Waals surface area contributed by atoms with Crippen LogP contribution in [0.3, 0.4) is 0 Å². The monoisotopic (exact) mass is 339 g/mol. The average Bonchev–Trinajstić information content (AvgIpc) is 2.36. The molecule has 2 aromatic carbocycles. The number of benzene rings is 2. The number of rotatable bonds is 4. The number of hydrogen-bond acceptors (Lipinski definition) is 3.